The molecular formula is C14H22N2O4S. The quantitative estimate of drug-likeness (QED) is 0.671. The van der Waals surface area contributed by atoms with Gasteiger partial charge in [0.2, 0.25) is 10.0 Å². The van der Waals surface area contributed by atoms with Crippen molar-refractivity contribution in [1.82, 2.24) is 5.32 Å². The topological polar surface area (TPSA) is 98.5 Å². The standard InChI is InChI=1S/C14H22N2O4S/c1-2-3-10-20-13-7-5-12(6-8-13)14(17)16-9-4-11-21(15,18)19/h5-8H,2-4,9-11H2,1H3,(H,16,17)(H2,15,18,19). The van der Waals surface area contributed by atoms with Crippen LogP contribution in [0, 0.1) is 0 Å². The number of nitrogens with one attached hydrogen (secondary N) is 1. The van der Waals surface area contributed by atoms with E-state index < -0.39 is 10.0 Å². The van der Waals surface area contributed by atoms with Gasteiger partial charge in [-0.3, -0.25) is 4.79 Å². The first kappa shape index (κ1) is 17.5. The number of ether oxygens (including phenoxy) is 1. The molecule has 0 bridgehead atoms. The summed E-state index contributed by atoms with van der Waals surface area (Å²) in [6, 6.07) is 6.84. The Kier molecular flexibility index (Phi) is 7.18. The number of benzene rings is 1. The van der Waals surface area contributed by atoms with E-state index in [9.17, 15) is 13.2 Å². The lowest BCUT2D eigenvalue weighted by Gasteiger charge is -2.07. The number of carbonyl (C=O) groups is 1. The molecule has 1 aromatic rings. The zero-order chi connectivity index (χ0) is 15.7. The number of unbranched alkanes of at least 4 members (excludes halogenated alkanes) is 1. The number of sulfonamides is 1. The van der Waals surface area contributed by atoms with E-state index in [1.165, 1.54) is 0 Å². The Bertz CT molecular complexity index is 541. The molecule has 1 aromatic carbocycles. The third kappa shape index (κ3) is 7.67. The highest BCUT2D eigenvalue weighted by Crippen LogP contribution is 2.12. The van der Waals surface area contributed by atoms with Gasteiger partial charge < -0.3 is 10.1 Å². The number of amides is 1. The Morgan fingerprint density at radius 2 is 1.90 bits per heavy atom. The number of hydrogen-bond acceptors (Lipinski definition) is 4. The normalized spacial score (nSPS) is 11.1. The molecule has 1 rings (SSSR count). The first-order chi connectivity index (χ1) is 9.92. The molecule has 21 heavy (non-hydrogen) atoms. The molecule has 0 aromatic heterocycles. The number of hydrogen-bond donors (Lipinski definition) is 2. The molecule has 0 radical (unpaired) electrons. The summed E-state index contributed by atoms with van der Waals surface area (Å²) in [7, 11) is -3.47. The van der Waals surface area contributed by atoms with Gasteiger partial charge >= 0.3 is 0 Å². The van der Waals surface area contributed by atoms with Crippen molar-refractivity contribution in [3.63, 3.8) is 0 Å². The van der Waals surface area contributed by atoms with Crippen molar-refractivity contribution in [2.45, 2.75) is 26.2 Å². The van der Waals surface area contributed by atoms with Crippen LogP contribution < -0.4 is 15.2 Å². The number of rotatable bonds is 9. The van der Waals surface area contributed by atoms with Crippen molar-refractivity contribution in [1.29, 1.82) is 0 Å². The summed E-state index contributed by atoms with van der Waals surface area (Å²) >= 11 is 0. The molecule has 0 aliphatic rings. The molecule has 7 heteroatoms. The zero-order valence-electron chi connectivity index (χ0n) is 12.2. The van der Waals surface area contributed by atoms with Gasteiger partial charge in [-0.25, -0.2) is 13.6 Å². The second-order valence-corrected chi connectivity index (χ2v) is 6.44. The van der Waals surface area contributed by atoms with Crippen LogP contribution in [0.2, 0.25) is 0 Å². The fourth-order valence-corrected chi connectivity index (χ4v) is 2.16. The maximum Gasteiger partial charge on any atom is 0.251 e. The zero-order valence-corrected chi connectivity index (χ0v) is 13.0. The Morgan fingerprint density at radius 3 is 2.48 bits per heavy atom. The maximum atomic E-state index is 11.8. The van der Waals surface area contributed by atoms with Crippen molar-refractivity contribution in [3.8, 4) is 5.75 Å². The molecule has 0 atom stereocenters. The third-order valence-electron chi connectivity index (χ3n) is 2.77. The van der Waals surface area contributed by atoms with Crippen molar-refractivity contribution < 1.29 is 17.9 Å². The molecule has 0 aliphatic carbocycles. The van der Waals surface area contributed by atoms with Crippen LogP contribution in [0.4, 0.5) is 0 Å². The highest BCUT2D eigenvalue weighted by Gasteiger charge is 2.06. The molecule has 0 saturated carbocycles. The molecular weight excluding hydrogens is 292 g/mol. The minimum absolute atomic E-state index is 0.141. The summed E-state index contributed by atoms with van der Waals surface area (Å²) in [4.78, 5) is 11.8. The number of carbonyl (C=O) groups excluding carboxylic acids is 1. The number of primary sulfonamides is 1. The van der Waals surface area contributed by atoms with E-state index in [1.54, 1.807) is 24.3 Å². The van der Waals surface area contributed by atoms with Crippen molar-refractivity contribution in [3.05, 3.63) is 29.8 Å². The molecule has 0 spiro atoms. The monoisotopic (exact) mass is 314 g/mol. The minimum Gasteiger partial charge on any atom is -0.494 e. The molecule has 0 heterocycles. The van der Waals surface area contributed by atoms with Crippen LogP contribution >= 0.6 is 0 Å². The van der Waals surface area contributed by atoms with Crippen molar-refractivity contribution in [2.75, 3.05) is 18.9 Å². The lowest BCUT2D eigenvalue weighted by Crippen LogP contribution is -2.27. The molecule has 0 unspecified atom stereocenters. The Morgan fingerprint density at radius 1 is 1.24 bits per heavy atom. The van der Waals surface area contributed by atoms with Gasteiger partial charge in [-0.2, -0.15) is 0 Å². The summed E-state index contributed by atoms with van der Waals surface area (Å²) in [6.07, 6.45) is 2.36. The van der Waals surface area contributed by atoms with Gasteiger partial charge in [0, 0.05) is 12.1 Å². The highest BCUT2D eigenvalue weighted by molar-refractivity contribution is 7.89. The fraction of sp³-hybridized carbons (Fsp3) is 0.500. The second-order valence-electron chi connectivity index (χ2n) is 4.70. The van der Waals surface area contributed by atoms with Crippen LogP contribution in [0.3, 0.4) is 0 Å². The molecule has 0 saturated heterocycles. The predicted octanol–water partition coefficient (Wildman–Crippen LogP) is 1.27. The average Bonchev–Trinajstić information content (AvgIpc) is 2.43. The first-order valence-corrected chi connectivity index (χ1v) is 8.65. The maximum absolute atomic E-state index is 11.8. The van der Waals surface area contributed by atoms with Crippen LogP contribution in [0.25, 0.3) is 0 Å². The van der Waals surface area contributed by atoms with Crippen molar-refractivity contribution >= 4 is 15.9 Å². The van der Waals surface area contributed by atoms with Gasteiger partial charge in [-0.1, -0.05) is 13.3 Å². The van der Waals surface area contributed by atoms with Gasteiger partial charge in [-0.05, 0) is 37.1 Å². The SMILES string of the molecule is CCCCOc1ccc(C(=O)NCCCS(N)(=O)=O)cc1. The van der Waals surface area contributed by atoms with Gasteiger partial charge in [0.15, 0.2) is 0 Å². The Labute approximate surface area is 125 Å². The third-order valence-corrected chi connectivity index (χ3v) is 3.63. The summed E-state index contributed by atoms with van der Waals surface area (Å²) in [5.41, 5.74) is 0.508. The fourth-order valence-electron chi connectivity index (χ4n) is 1.61. The van der Waals surface area contributed by atoms with E-state index in [-0.39, 0.29) is 18.2 Å². The molecule has 0 fully saturated rings. The summed E-state index contributed by atoms with van der Waals surface area (Å²) in [5.74, 6) is 0.344. The molecule has 1 amide bonds. The average molecular weight is 314 g/mol. The Hall–Kier alpha value is -1.60. The van der Waals surface area contributed by atoms with Crippen LogP contribution in [-0.2, 0) is 10.0 Å². The molecule has 6 nitrogen and oxygen atoms in total. The van der Waals surface area contributed by atoms with E-state index in [0.29, 0.717) is 18.6 Å². The van der Waals surface area contributed by atoms with E-state index >= 15 is 0 Å². The minimum atomic E-state index is -3.47. The first-order valence-electron chi connectivity index (χ1n) is 6.94. The largest absolute Gasteiger partial charge is 0.494 e. The lowest BCUT2D eigenvalue weighted by molar-refractivity contribution is 0.0953. The van der Waals surface area contributed by atoms with Crippen LogP contribution in [0.1, 0.15) is 36.5 Å². The summed E-state index contributed by atoms with van der Waals surface area (Å²) in [6.45, 7) is 3.02. The van der Waals surface area contributed by atoms with E-state index in [1.807, 2.05) is 0 Å². The predicted molar refractivity (Wildman–Crippen MR) is 81.8 cm³/mol. The molecule has 3 N–H and O–H groups in total. The van der Waals surface area contributed by atoms with Crippen LogP contribution in [0.15, 0.2) is 24.3 Å². The highest BCUT2D eigenvalue weighted by atomic mass is 32.2. The van der Waals surface area contributed by atoms with Crippen LogP contribution in [0.5, 0.6) is 5.75 Å². The summed E-state index contributed by atoms with van der Waals surface area (Å²) in [5, 5.41) is 7.52. The summed E-state index contributed by atoms with van der Waals surface area (Å²) < 4.78 is 27.0. The van der Waals surface area contributed by atoms with Gasteiger partial charge in [-0.15, -0.1) is 0 Å². The van der Waals surface area contributed by atoms with E-state index in [2.05, 4.69) is 12.2 Å². The second kappa shape index (κ2) is 8.63. The van der Waals surface area contributed by atoms with E-state index in [0.717, 1.165) is 18.6 Å². The van der Waals surface area contributed by atoms with Crippen LogP contribution in [-0.4, -0.2) is 33.2 Å². The van der Waals surface area contributed by atoms with Gasteiger partial charge in [0.25, 0.3) is 5.91 Å². The van der Waals surface area contributed by atoms with E-state index in [4.69, 9.17) is 9.88 Å². The molecule has 118 valence electrons. The number of nitrogens with two attached hydrogens (primary N) is 1. The molecule has 0 aliphatic heterocycles. The van der Waals surface area contributed by atoms with Crippen molar-refractivity contribution in [2.24, 2.45) is 5.14 Å². The van der Waals surface area contributed by atoms with Gasteiger partial charge in [0.1, 0.15) is 5.75 Å². The Balaban J connectivity index is 2.37. The smallest absolute Gasteiger partial charge is 0.251 e. The van der Waals surface area contributed by atoms with Gasteiger partial charge in [0.05, 0.1) is 12.4 Å². The lowest BCUT2D eigenvalue weighted by atomic mass is 10.2.